The molecule has 0 bridgehead atoms. The van der Waals surface area contributed by atoms with Crippen LogP contribution < -0.4 is 10.0 Å². The van der Waals surface area contributed by atoms with Crippen LogP contribution >= 0.6 is 0 Å². The van der Waals surface area contributed by atoms with Crippen LogP contribution in [-0.2, 0) is 14.8 Å². The molecule has 5 nitrogen and oxygen atoms in total. The summed E-state index contributed by atoms with van der Waals surface area (Å²) >= 11 is 0. The van der Waals surface area contributed by atoms with E-state index in [4.69, 9.17) is 4.74 Å². The van der Waals surface area contributed by atoms with Crippen LogP contribution in [0, 0.1) is 0 Å². The number of nitrogens with one attached hydrogen (secondary N) is 2. The van der Waals surface area contributed by atoms with Crippen molar-refractivity contribution in [3.63, 3.8) is 0 Å². The van der Waals surface area contributed by atoms with E-state index in [9.17, 15) is 8.42 Å². The molecule has 0 amide bonds. The van der Waals surface area contributed by atoms with Gasteiger partial charge in [0.15, 0.2) is 0 Å². The molecule has 1 aromatic carbocycles. The third-order valence-electron chi connectivity index (χ3n) is 3.79. The monoisotopic (exact) mass is 296 g/mol. The van der Waals surface area contributed by atoms with Gasteiger partial charge in [0, 0.05) is 12.6 Å². The minimum absolute atomic E-state index is 0.0992. The molecule has 2 unspecified atom stereocenters. The Labute approximate surface area is 119 Å². The van der Waals surface area contributed by atoms with Gasteiger partial charge in [-0.05, 0) is 38.3 Å². The summed E-state index contributed by atoms with van der Waals surface area (Å²) in [5, 5.41) is 3.31. The van der Waals surface area contributed by atoms with E-state index in [0.29, 0.717) is 17.2 Å². The fourth-order valence-electron chi connectivity index (χ4n) is 2.43. The number of para-hydroxylation sites is 1. The summed E-state index contributed by atoms with van der Waals surface area (Å²) in [5.41, 5.74) is 0.656. The zero-order valence-corrected chi connectivity index (χ0v) is 12.3. The van der Waals surface area contributed by atoms with Crippen molar-refractivity contribution in [1.29, 1.82) is 0 Å². The van der Waals surface area contributed by atoms with Crippen LogP contribution in [-0.4, -0.2) is 33.2 Å². The predicted molar refractivity (Wildman–Crippen MR) is 77.2 cm³/mol. The van der Waals surface area contributed by atoms with Crippen LogP contribution in [0.5, 0.6) is 0 Å². The molecule has 3 rings (SSSR count). The van der Waals surface area contributed by atoms with Crippen LogP contribution in [0.15, 0.2) is 29.2 Å². The maximum Gasteiger partial charge on any atom is 0.242 e. The first-order valence-corrected chi connectivity index (χ1v) is 8.54. The molecule has 1 saturated heterocycles. The lowest BCUT2D eigenvalue weighted by atomic mass is 10.1. The van der Waals surface area contributed by atoms with E-state index < -0.39 is 10.0 Å². The molecule has 1 aliphatic heterocycles. The normalized spacial score (nSPS) is 26.6. The number of rotatable bonds is 5. The number of anilines is 1. The lowest BCUT2D eigenvalue weighted by Gasteiger charge is -2.20. The van der Waals surface area contributed by atoms with Gasteiger partial charge >= 0.3 is 0 Å². The van der Waals surface area contributed by atoms with E-state index in [1.165, 1.54) is 0 Å². The second-order valence-corrected chi connectivity index (χ2v) is 7.19. The smallest absolute Gasteiger partial charge is 0.242 e. The topological polar surface area (TPSA) is 67.4 Å². The molecule has 1 heterocycles. The Hall–Kier alpha value is -1.11. The Bertz CT molecular complexity index is 584. The van der Waals surface area contributed by atoms with E-state index in [0.717, 1.165) is 19.3 Å². The highest BCUT2D eigenvalue weighted by molar-refractivity contribution is 7.89. The lowest BCUT2D eigenvalue weighted by molar-refractivity contribution is 0.121. The average molecular weight is 296 g/mol. The first-order chi connectivity index (χ1) is 9.56. The summed E-state index contributed by atoms with van der Waals surface area (Å²) in [7, 11) is -3.44. The van der Waals surface area contributed by atoms with Crippen molar-refractivity contribution in [3.05, 3.63) is 24.3 Å². The minimum Gasteiger partial charge on any atom is -0.379 e. The number of sulfonamides is 1. The summed E-state index contributed by atoms with van der Waals surface area (Å²) in [4.78, 5) is 0.325. The third kappa shape index (κ3) is 2.97. The number of ether oxygens (including phenoxy) is 1. The van der Waals surface area contributed by atoms with Gasteiger partial charge in [-0.1, -0.05) is 12.1 Å². The molecule has 1 saturated carbocycles. The fourth-order valence-corrected chi connectivity index (χ4v) is 3.90. The molecule has 0 aromatic heterocycles. The van der Waals surface area contributed by atoms with Crippen molar-refractivity contribution in [2.75, 3.05) is 11.9 Å². The van der Waals surface area contributed by atoms with Crippen LogP contribution in [0.1, 0.15) is 26.2 Å². The first kappa shape index (κ1) is 13.9. The summed E-state index contributed by atoms with van der Waals surface area (Å²) in [5.74, 6) is 0. The number of hydrogen-bond acceptors (Lipinski definition) is 4. The highest BCUT2D eigenvalue weighted by Crippen LogP contribution is 2.27. The van der Waals surface area contributed by atoms with Crippen molar-refractivity contribution in [3.8, 4) is 0 Å². The second-order valence-electron chi connectivity index (χ2n) is 5.51. The molecule has 0 spiro atoms. The molecule has 6 heteroatoms. The SMILES string of the molecule is CC1OCCC1Nc1ccccc1S(=O)(=O)NC1CC1. The fraction of sp³-hybridized carbons (Fsp3) is 0.571. The maximum atomic E-state index is 12.4. The van der Waals surface area contributed by atoms with Gasteiger partial charge in [0.25, 0.3) is 0 Å². The first-order valence-electron chi connectivity index (χ1n) is 7.06. The number of hydrogen-bond donors (Lipinski definition) is 2. The van der Waals surface area contributed by atoms with Gasteiger partial charge in [0.1, 0.15) is 4.90 Å². The molecule has 1 aromatic rings. The number of benzene rings is 1. The third-order valence-corrected chi connectivity index (χ3v) is 5.37. The van der Waals surface area contributed by atoms with Crippen molar-refractivity contribution in [2.24, 2.45) is 0 Å². The van der Waals surface area contributed by atoms with Crippen molar-refractivity contribution >= 4 is 15.7 Å². The Morgan fingerprint density at radius 2 is 1.95 bits per heavy atom. The van der Waals surface area contributed by atoms with Crippen LogP contribution in [0.4, 0.5) is 5.69 Å². The van der Waals surface area contributed by atoms with E-state index >= 15 is 0 Å². The lowest BCUT2D eigenvalue weighted by Crippen LogP contribution is -2.30. The Balaban J connectivity index is 1.83. The Morgan fingerprint density at radius 1 is 1.20 bits per heavy atom. The zero-order chi connectivity index (χ0) is 14.2. The Kier molecular flexibility index (Phi) is 3.70. The van der Waals surface area contributed by atoms with Gasteiger partial charge in [0.2, 0.25) is 10.0 Å². The Morgan fingerprint density at radius 3 is 2.60 bits per heavy atom. The quantitative estimate of drug-likeness (QED) is 0.868. The van der Waals surface area contributed by atoms with Crippen LogP contribution in [0.2, 0.25) is 0 Å². The van der Waals surface area contributed by atoms with Gasteiger partial charge in [-0.2, -0.15) is 0 Å². The molecule has 2 aliphatic rings. The van der Waals surface area contributed by atoms with Crippen molar-refractivity contribution in [1.82, 2.24) is 4.72 Å². The highest BCUT2D eigenvalue weighted by Gasteiger charge is 2.30. The molecular weight excluding hydrogens is 276 g/mol. The largest absolute Gasteiger partial charge is 0.379 e. The molecule has 20 heavy (non-hydrogen) atoms. The molecule has 2 atom stereocenters. The van der Waals surface area contributed by atoms with Crippen LogP contribution in [0.3, 0.4) is 0 Å². The standard InChI is InChI=1S/C14H20N2O3S/c1-10-12(8-9-19-10)15-13-4-2-3-5-14(13)20(17,18)16-11-6-7-11/h2-5,10-12,15-16H,6-9H2,1H3. The minimum atomic E-state index is -3.44. The summed E-state index contributed by atoms with van der Waals surface area (Å²) in [6.07, 6.45) is 2.86. The predicted octanol–water partition coefficient (Wildman–Crippen LogP) is 1.72. The summed E-state index contributed by atoms with van der Waals surface area (Å²) in [6.45, 7) is 2.72. The molecule has 0 radical (unpaired) electrons. The molecule has 2 N–H and O–H groups in total. The molecule has 2 fully saturated rings. The highest BCUT2D eigenvalue weighted by atomic mass is 32.2. The maximum absolute atomic E-state index is 12.4. The van der Waals surface area contributed by atoms with Crippen molar-refractivity contribution in [2.45, 2.75) is 49.3 Å². The van der Waals surface area contributed by atoms with E-state index in [2.05, 4.69) is 10.0 Å². The van der Waals surface area contributed by atoms with E-state index in [1.54, 1.807) is 12.1 Å². The second kappa shape index (κ2) is 5.35. The molecular formula is C14H20N2O3S. The average Bonchev–Trinajstić information content (AvgIpc) is 3.12. The summed E-state index contributed by atoms with van der Waals surface area (Å²) < 4.78 is 33.0. The van der Waals surface area contributed by atoms with Crippen LogP contribution in [0.25, 0.3) is 0 Å². The molecule has 110 valence electrons. The van der Waals surface area contributed by atoms with E-state index in [1.807, 2.05) is 19.1 Å². The summed E-state index contributed by atoms with van der Waals surface area (Å²) in [6, 6.07) is 7.33. The van der Waals surface area contributed by atoms with Gasteiger partial charge in [-0.25, -0.2) is 13.1 Å². The van der Waals surface area contributed by atoms with E-state index in [-0.39, 0.29) is 18.2 Å². The van der Waals surface area contributed by atoms with Gasteiger partial charge in [-0.3, -0.25) is 0 Å². The zero-order valence-electron chi connectivity index (χ0n) is 11.5. The van der Waals surface area contributed by atoms with Gasteiger partial charge in [-0.15, -0.1) is 0 Å². The molecule has 1 aliphatic carbocycles. The van der Waals surface area contributed by atoms with Gasteiger partial charge < -0.3 is 10.1 Å². The van der Waals surface area contributed by atoms with Crippen molar-refractivity contribution < 1.29 is 13.2 Å². The van der Waals surface area contributed by atoms with Gasteiger partial charge in [0.05, 0.1) is 17.8 Å².